The number of nitrogens with two attached hydrogens (primary N) is 1. The van der Waals surface area contributed by atoms with Crippen LogP contribution in [0.25, 0.3) is 0 Å². The third-order valence-corrected chi connectivity index (χ3v) is 3.01. The van der Waals surface area contributed by atoms with Crippen molar-refractivity contribution in [2.75, 3.05) is 5.43 Å². The van der Waals surface area contributed by atoms with Crippen molar-refractivity contribution < 1.29 is 4.52 Å². The number of nitrogen functional groups attached to an aromatic ring is 1. The minimum atomic E-state index is 0.238. The van der Waals surface area contributed by atoms with Gasteiger partial charge in [-0.3, -0.25) is 5.43 Å². The van der Waals surface area contributed by atoms with Gasteiger partial charge in [-0.15, -0.1) is 0 Å². The zero-order chi connectivity index (χ0) is 11.0. The van der Waals surface area contributed by atoms with E-state index in [2.05, 4.69) is 33.8 Å². The molecule has 0 saturated carbocycles. The van der Waals surface area contributed by atoms with Gasteiger partial charge in [0.1, 0.15) is 0 Å². The summed E-state index contributed by atoms with van der Waals surface area (Å²) in [5.74, 6) is 6.15. The van der Waals surface area contributed by atoms with Gasteiger partial charge in [0.15, 0.2) is 5.82 Å². The molecule has 1 aliphatic rings. The standard InChI is InChI=1S/C11H12N4O/c12-14-11-13-10(15-16-11)9-6-5-7-3-1-2-4-8(7)9/h1-4,9H,5-6,12H2,(H,13,14,15). The van der Waals surface area contributed by atoms with Crippen molar-refractivity contribution in [1.82, 2.24) is 10.1 Å². The van der Waals surface area contributed by atoms with Crippen molar-refractivity contribution in [3.63, 3.8) is 0 Å². The number of aryl methyl sites for hydroxylation is 1. The molecule has 3 N–H and O–H groups in total. The molecular formula is C11H12N4O. The first-order valence-corrected chi connectivity index (χ1v) is 5.26. The van der Waals surface area contributed by atoms with Gasteiger partial charge in [0.2, 0.25) is 0 Å². The number of hydrazine groups is 1. The molecule has 1 unspecified atom stereocenters. The molecule has 82 valence electrons. The average Bonchev–Trinajstić information content (AvgIpc) is 2.94. The quantitative estimate of drug-likeness (QED) is 0.586. The summed E-state index contributed by atoms with van der Waals surface area (Å²) in [6, 6.07) is 8.64. The monoisotopic (exact) mass is 216 g/mol. The molecule has 0 spiro atoms. The number of hydrogen-bond acceptors (Lipinski definition) is 5. The average molecular weight is 216 g/mol. The maximum absolute atomic E-state index is 5.21. The van der Waals surface area contributed by atoms with Crippen LogP contribution in [0.4, 0.5) is 6.01 Å². The Morgan fingerprint density at radius 1 is 1.38 bits per heavy atom. The lowest BCUT2D eigenvalue weighted by Crippen LogP contribution is -2.07. The highest BCUT2D eigenvalue weighted by Crippen LogP contribution is 2.36. The Bertz CT molecular complexity index is 508. The van der Waals surface area contributed by atoms with Crippen LogP contribution < -0.4 is 11.3 Å². The third-order valence-electron chi connectivity index (χ3n) is 3.01. The molecular weight excluding hydrogens is 204 g/mol. The summed E-state index contributed by atoms with van der Waals surface area (Å²) in [7, 11) is 0. The van der Waals surface area contributed by atoms with E-state index in [1.165, 1.54) is 11.1 Å². The van der Waals surface area contributed by atoms with Gasteiger partial charge >= 0.3 is 6.01 Å². The number of nitrogens with one attached hydrogen (secondary N) is 1. The van der Waals surface area contributed by atoms with Gasteiger partial charge in [0.05, 0.1) is 0 Å². The minimum Gasteiger partial charge on any atom is -0.314 e. The number of nitrogens with zero attached hydrogens (tertiary/aromatic N) is 2. The molecule has 0 aliphatic heterocycles. The third kappa shape index (κ3) is 1.37. The number of aromatic nitrogens is 2. The SMILES string of the molecule is NNc1nc(C2CCc3ccccc32)no1. The van der Waals surface area contributed by atoms with Crippen LogP contribution >= 0.6 is 0 Å². The Balaban J connectivity index is 1.98. The fraction of sp³-hybridized carbons (Fsp3) is 0.273. The van der Waals surface area contributed by atoms with E-state index >= 15 is 0 Å². The highest BCUT2D eigenvalue weighted by molar-refractivity contribution is 5.38. The molecule has 1 heterocycles. The van der Waals surface area contributed by atoms with E-state index in [9.17, 15) is 0 Å². The molecule has 0 fully saturated rings. The van der Waals surface area contributed by atoms with Crippen LogP contribution in [0.15, 0.2) is 28.8 Å². The van der Waals surface area contributed by atoms with Crippen LogP contribution in [0, 0.1) is 0 Å². The van der Waals surface area contributed by atoms with E-state index in [4.69, 9.17) is 10.4 Å². The van der Waals surface area contributed by atoms with Crippen molar-refractivity contribution in [2.24, 2.45) is 5.84 Å². The zero-order valence-corrected chi connectivity index (χ0v) is 8.68. The molecule has 3 rings (SSSR count). The molecule has 5 nitrogen and oxygen atoms in total. The van der Waals surface area contributed by atoms with Gasteiger partial charge in [-0.25, -0.2) is 5.84 Å². The first-order chi connectivity index (χ1) is 7.88. The van der Waals surface area contributed by atoms with Crippen molar-refractivity contribution >= 4 is 6.01 Å². The Labute approximate surface area is 92.6 Å². The van der Waals surface area contributed by atoms with Crippen LogP contribution in [0.5, 0.6) is 0 Å². The molecule has 1 aromatic heterocycles. The fourth-order valence-electron chi connectivity index (χ4n) is 2.26. The number of rotatable bonds is 2. The molecule has 0 amide bonds. The number of fused-ring (bicyclic) bond motifs is 1. The Hall–Kier alpha value is -1.88. The first-order valence-electron chi connectivity index (χ1n) is 5.26. The summed E-state index contributed by atoms with van der Waals surface area (Å²) in [6.45, 7) is 0. The van der Waals surface area contributed by atoms with Crippen LogP contribution in [-0.2, 0) is 6.42 Å². The summed E-state index contributed by atoms with van der Waals surface area (Å²) < 4.78 is 4.94. The number of benzene rings is 1. The molecule has 5 heteroatoms. The predicted molar refractivity (Wildman–Crippen MR) is 58.7 cm³/mol. The summed E-state index contributed by atoms with van der Waals surface area (Å²) in [6.07, 6.45) is 2.10. The molecule has 0 radical (unpaired) electrons. The lowest BCUT2D eigenvalue weighted by atomic mass is 10.0. The maximum atomic E-state index is 5.21. The van der Waals surface area contributed by atoms with Gasteiger partial charge in [-0.05, 0) is 24.0 Å². The summed E-state index contributed by atoms with van der Waals surface area (Å²) >= 11 is 0. The topological polar surface area (TPSA) is 77.0 Å². The molecule has 0 saturated heterocycles. The van der Waals surface area contributed by atoms with Crippen LogP contribution in [0.3, 0.4) is 0 Å². The largest absolute Gasteiger partial charge is 0.335 e. The second-order valence-electron chi connectivity index (χ2n) is 3.89. The smallest absolute Gasteiger partial charge is 0.314 e. The highest BCUT2D eigenvalue weighted by atomic mass is 16.5. The lowest BCUT2D eigenvalue weighted by molar-refractivity contribution is 0.419. The normalized spacial score (nSPS) is 18.4. The summed E-state index contributed by atoms with van der Waals surface area (Å²) in [5, 5.41) is 3.94. The molecule has 16 heavy (non-hydrogen) atoms. The van der Waals surface area contributed by atoms with Gasteiger partial charge < -0.3 is 4.52 Å². The van der Waals surface area contributed by atoms with Gasteiger partial charge in [-0.2, -0.15) is 4.98 Å². The molecule has 1 aromatic carbocycles. The molecule has 2 aromatic rings. The molecule has 1 atom stereocenters. The second-order valence-corrected chi connectivity index (χ2v) is 3.89. The fourth-order valence-corrected chi connectivity index (χ4v) is 2.26. The minimum absolute atomic E-state index is 0.238. The van der Waals surface area contributed by atoms with Crippen LogP contribution in [0.2, 0.25) is 0 Å². The van der Waals surface area contributed by atoms with Crippen molar-refractivity contribution in [1.29, 1.82) is 0 Å². The summed E-state index contributed by atoms with van der Waals surface area (Å²) in [5.41, 5.74) is 5.03. The maximum Gasteiger partial charge on any atom is 0.335 e. The van der Waals surface area contributed by atoms with Crippen molar-refractivity contribution in [3.8, 4) is 0 Å². The number of anilines is 1. The highest BCUT2D eigenvalue weighted by Gasteiger charge is 2.27. The predicted octanol–water partition coefficient (Wildman–Crippen LogP) is 1.43. The molecule has 0 bridgehead atoms. The van der Waals surface area contributed by atoms with Crippen molar-refractivity contribution in [2.45, 2.75) is 18.8 Å². The second kappa shape index (κ2) is 3.61. The van der Waals surface area contributed by atoms with E-state index in [-0.39, 0.29) is 11.9 Å². The summed E-state index contributed by atoms with van der Waals surface area (Å²) in [4.78, 5) is 4.20. The first kappa shape index (κ1) is 9.35. The van der Waals surface area contributed by atoms with E-state index in [0.29, 0.717) is 5.82 Å². The Morgan fingerprint density at radius 2 is 2.25 bits per heavy atom. The zero-order valence-electron chi connectivity index (χ0n) is 8.68. The Morgan fingerprint density at radius 3 is 3.06 bits per heavy atom. The van der Waals surface area contributed by atoms with E-state index in [1.807, 2.05) is 6.07 Å². The van der Waals surface area contributed by atoms with E-state index in [1.54, 1.807) is 0 Å². The van der Waals surface area contributed by atoms with Gasteiger partial charge in [-0.1, -0.05) is 29.4 Å². The van der Waals surface area contributed by atoms with Gasteiger partial charge in [0, 0.05) is 5.92 Å². The Kier molecular flexibility index (Phi) is 2.11. The van der Waals surface area contributed by atoms with Crippen LogP contribution in [-0.4, -0.2) is 10.1 Å². The van der Waals surface area contributed by atoms with Gasteiger partial charge in [0.25, 0.3) is 0 Å². The van der Waals surface area contributed by atoms with E-state index < -0.39 is 0 Å². The van der Waals surface area contributed by atoms with Crippen LogP contribution in [0.1, 0.15) is 29.3 Å². The molecule has 1 aliphatic carbocycles. The lowest BCUT2D eigenvalue weighted by Gasteiger charge is -2.05. The van der Waals surface area contributed by atoms with E-state index in [0.717, 1.165) is 12.8 Å². The van der Waals surface area contributed by atoms with Crippen molar-refractivity contribution in [3.05, 3.63) is 41.2 Å². The number of hydrogen-bond donors (Lipinski definition) is 2.